The van der Waals surface area contributed by atoms with Gasteiger partial charge >= 0.3 is 0 Å². The molecule has 0 radical (unpaired) electrons. The predicted molar refractivity (Wildman–Crippen MR) is 124 cm³/mol. The maximum Gasteiger partial charge on any atom is 0.169 e. The van der Waals surface area contributed by atoms with Gasteiger partial charge in [0.15, 0.2) is 11.6 Å². The minimum atomic E-state index is -0.931. The van der Waals surface area contributed by atoms with E-state index in [9.17, 15) is 8.78 Å². The van der Waals surface area contributed by atoms with E-state index in [1.807, 2.05) is 50.2 Å². The van der Waals surface area contributed by atoms with Crippen molar-refractivity contribution in [2.75, 3.05) is 0 Å². The Hall–Kier alpha value is -4.14. The molecule has 0 saturated carbocycles. The molecule has 0 amide bonds. The first-order valence-corrected chi connectivity index (χ1v) is 10.9. The van der Waals surface area contributed by atoms with Crippen LogP contribution in [0.25, 0.3) is 22.6 Å². The molecule has 0 unspecified atom stereocenters. The molecule has 0 spiro atoms. The van der Waals surface area contributed by atoms with Gasteiger partial charge < -0.3 is 9.72 Å². The summed E-state index contributed by atoms with van der Waals surface area (Å²) >= 11 is 0. The maximum absolute atomic E-state index is 14.1. The third-order valence-corrected chi connectivity index (χ3v) is 5.29. The highest BCUT2D eigenvalue weighted by atomic mass is 19.2. The van der Waals surface area contributed by atoms with Crippen molar-refractivity contribution in [1.82, 2.24) is 25.2 Å². The zero-order valence-electron chi connectivity index (χ0n) is 18.7. The highest BCUT2D eigenvalue weighted by molar-refractivity contribution is 5.80. The molecule has 5 rings (SSSR count). The molecular formula is C25H22F2N6O. The largest absolute Gasteiger partial charge is 0.491 e. The average Bonchev–Trinajstić information content (AvgIpc) is 3.25. The molecule has 1 N–H and O–H groups in total. The van der Waals surface area contributed by atoms with Crippen molar-refractivity contribution in [2.24, 2.45) is 5.10 Å². The fourth-order valence-corrected chi connectivity index (χ4v) is 3.68. The second kappa shape index (κ2) is 9.01. The van der Waals surface area contributed by atoms with Gasteiger partial charge in [-0.2, -0.15) is 15.3 Å². The highest BCUT2D eigenvalue weighted by Crippen LogP contribution is 2.25. The summed E-state index contributed by atoms with van der Waals surface area (Å²) in [4.78, 5) is 7.44. The van der Waals surface area contributed by atoms with Gasteiger partial charge in [0.2, 0.25) is 0 Å². The van der Waals surface area contributed by atoms with Gasteiger partial charge in [0.1, 0.15) is 17.3 Å². The molecule has 1 aliphatic heterocycles. The van der Waals surface area contributed by atoms with Crippen LogP contribution in [0.2, 0.25) is 0 Å². The first-order chi connectivity index (χ1) is 16.5. The van der Waals surface area contributed by atoms with E-state index in [0.717, 1.165) is 34.5 Å². The fourth-order valence-electron chi connectivity index (χ4n) is 3.68. The van der Waals surface area contributed by atoms with Crippen molar-refractivity contribution >= 4 is 6.21 Å². The van der Waals surface area contributed by atoms with Gasteiger partial charge in [-0.25, -0.2) is 13.8 Å². The van der Waals surface area contributed by atoms with Crippen LogP contribution >= 0.6 is 0 Å². The number of hydrogen-bond donors (Lipinski definition) is 1. The lowest BCUT2D eigenvalue weighted by Crippen LogP contribution is -2.22. The number of hydrazone groups is 1. The number of benzene rings is 2. The Balaban J connectivity index is 1.26. The number of aromatic amines is 1. The number of nitrogens with one attached hydrogen (secondary N) is 1. The molecule has 0 fully saturated rings. The lowest BCUT2D eigenvalue weighted by molar-refractivity contribution is 0.242. The minimum absolute atomic E-state index is 0.0830. The minimum Gasteiger partial charge on any atom is -0.491 e. The number of hydrogen-bond acceptors (Lipinski definition) is 6. The van der Waals surface area contributed by atoms with Gasteiger partial charge in [0.05, 0.1) is 48.1 Å². The molecular weight excluding hydrogens is 438 g/mol. The summed E-state index contributed by atoms with van der Waals surface area (Å²) in [5.74, 6) is -0.763. The number of halogens is 2. The second-order valence-electron chi connectivity index (χ2n) is 8.22. The Kier molecular flexibility index (Phi) is 5.75. The SMILES string of the molecule is CC(C)Oc1ccc(-c2ccc(CN3Cc4[nH]c(-c5cccc(F)c5F)nc4C=N3)nn2)cc1. The van der Waals surface area contributed by atoms with Crippen molar-refractivity contribution in [3.05, 3.63) is 83.3 Å². The molecule has 1 aliphatic rings. The Labute approximate surface area is 195 Å². The summed E-state index contributed by atoms with van der Waals surface area (Å²) in [6.07, 6.45) is 1.72. The predicted octanol–water partition coefficient (Wildman–Crippen LogP) is 4.95. The number of aromatic nitrogens is 4. The standard InChI is InChI=1S/C25H22F2N6O/c1-15(2)34-18-9-6-16(7-10-18)21-11-8-17(31-32-21)13-33-14-23-22(12-28-33)29-25(30-23)19-4-3-5-20(26)24(19)27/h3-12,15H,13-14H2,1-2H3,(H,29,30). The molecule has 0 saturated heterocycles. The van der Waals surface area contributed by atoms with E-state index in [4.69, 9.17) is 4.74 Å². The first kappa shape index (κ1) is 21.7. The van der Waals surface area contributed by atoms with Crippen LogP contribution in [0, 0.1) is 11.6 Å². The number of ether oxygens (including phenoxy) is 1. The molecule has 9 heteroatoms. The van der Waals surface area contributed by atoms with Crippen LogP contribution in [-0.2, 0) is 13.1 Å². The lowest BCUT2D eigenvalue weighted by Gasteiger charge is -2.20. The summed E-state index contributed by atoms with van der Waals surface area (Å²) in [5, 5.41) is 14.9. The number of nitrogens with zero attached hydrogens (tertiary/aromatic N) is 5. The number of rotatable bonds is 6. The molecule has 0 bridgehead atoms. The van der Waals surface area contributed by atoms with Crippen molar-refractivity contribution < 1.29 is 13.5 Å². The van der Waals surface area contributed by atoms with Crippen LogP contribution in [0.15, 0.2) is 59.7 Å². The van der Waals surface area contributed by atoms with Crippen LogP contribution in [0.3, 0.4) is 0 Å². The van der Waals surface area contributed by atoms with Gasteiger partial charge in [0, 0.05) is 5.56 Å². The summed E-state index contributed by atoms with van der Waals surface area (Å²) in [6.45, 7) is 4.84. The first-order valence-electron chi connectivity index (χ1n) is 10.9. The number of H-pyrrole nitrogens is 1. The Morgan fingerprint density at radius 2 is 1.85 bits per heavy atom. The summed E-state index contributed by atoms with van der Waals surface area (Å²) in [6, 6.07) is 15.6. The molecule has 2 aromatic heterocycles. The van der Waals surface area contributed by atoms with Crippen LogP contribution in [0.4, 0.5) is 8.78 Å². The third-order valence-electron chi connectivity index (χ3n) is 5.29. The van der Waals surface area contributed by atoms with E-state index < -0.39 is 11.6 Å². The third kappa shape index (κ3) is 4.50. The van der Waals surface area contributed by atoms with E-state index in [2.05, 4.69) is 25.3 Å². The van der Waals surface area contributed by atoms with Crippen molar-refractivity contribution in [1.29, 1.82) is 0 Å². The normalized spacial score (nSPS) is 12.8. The van der Waals surface area contributed by atoms with E-state index in [-0.39, 0.29) is 17.5 Å². The zero-order chi connectivity index (χ0) is 23.7. The molecule has 34 heavy (non-hydrogen) atoms. The fraction of sp³-hybridized carbons (Fsp3) is 0.200. The van der Waals surface area contributed by atoms with Crippen LogP contribution < -0.4 is 4.74 Å². The molecule has 172 valence electrons. The van der Waals surface area contributed by atoms with Crippen molar-refractivity contribution in [2.45, 2.75) is 33.0 Å². The van der Waals surface area contributed by atoms with E-state index in [1.54, 1.807) is 11.2 Å². The quantitative estimate of drug-likeness (QED) is 0.441. The van der Waals surface area contributed by atoms with Crippen molar-refractivity contribution in [3.8, 4) is 28.4 Å². The van der Waals surface area contributed by atoms with E-state index in [0.29, 0.717) is 18.8 Å². The molecule has 0 aliphatic carbocycles. The summed E-state index contributed by atoms with van der Waals surface area (Å²) < 4.78 is 33.4. The Morgan fingerprint density at radius 3 is 2.59 bits per heavy atom. The zero-order valence-corrected chi connectivity index (χ0v) is 18.7. The molecule has 7 nitrogen and oxygen atoms in total. The topological polar surface area (TPSA) is 79.3 Å². The highest BCUT2D eigenvalue weighted by Gasteiger charge is 2.20. The van der Waals surface area contributed by atoms with Crippen molar-refractivity contribution in [3.63, 3.8) is 0 Å². The van der Waals surface area contributed by atoms with E-state index in [1.165, 1.54) is 12.1 Å². The molecule has 0 atom stereocenters. The monoisotopic (exact) mass is 460 g/mol. The van der Waals surface area contributed by atoms with Crippen LogP contribution in [0.1, 0.15) is 30.9 Å². The summed E-state index contributed by atoms with van der Waals surface area (Å²) in [7, 11) is 0. The lowest BCUT2D eigenvalue weighted by atomic mass is 10.1. The molecule has 2 aromatic carbocycles. The maximum atomic E-state index is 14.1. The van der Waals surface area contributed by atoms with Gasteiger partial charge in [0.25, 0.3) is 0 Å². The number of fused-ring (bicyclic) bond motifs is 1. The second-order valence-corrected chi connectivity index (χ2v) is 8.22. The van der Waals surface area contributed by atoms with Gasteiger partial charge in [-0.05, 0) is 62.4 Å². The van der Waals surface area contributed by atoms with Crippen LogP contribution in [0.5, 0.6) is 5.75 Å². The molecule has 3 heterocycles. The van der Waals surface area contributed by atoms with Gasteiger partial charge in [-0.1, -0.05) is 6.07 Å². The smallest absolute Gasteiger partial charge is 0.169 e. The Bertz CT molecular complexity index is 1330. The average molecular weight is 460 g/mol. The van der Waals surface area contributed by atoms with Gasteiger partial charge in [-0.3, -0.25) is 5.01 Å². The Morgan fingerprint density at radius 1 is 1.03 bits per heavy atom. The van der Waals surface area contributed by atoms with Gasteiger partial charge in [-0.15, -0.1) is 0 Å². The number of imidazole rings is 1. The summed E-state index contributed by atoms with van der Waals surface area (Å²) in [5.41, 5.74) is 3.91. The molecule has 4 aromatic rings. The van der Waals surface area contributed by atoms with E-state index >= 15 is 0 Å². The van der Waals surface area contributed by atoms with Crippen LogP contribution in [-0.4, -0.2) is 37.5 Å².